The average Bonchev–Trinajstić information content (AvgIpc) is 3.15. The molecule has 2 saturated heterocycles. The van der Waals surface area contributed by atoms with E-state index < -0.39 is 0 Å². The Morgan fingerprint density at radius 1 is 1.05 bits per heavy atom. The maximum Gasteiger partial charge on any atom is 0.185 e. The second-order valence-electron chi connectivity index (χ2n) is 6.70. The van der Waals surface area contributed by atoms with Crippen molar-refractivity contribution in [2.24, 2.45) is 0 Å². The Labute approximate surface area is 130 Å². The van der Waals surface area contributed by atoms with E-state index in [4.69, 9.17) is 4.98 Å². The molecule has 2 aliphatic heterocycles. The molecule has 1 aliphatic carbocycles. The van der Waals surface area contributed by atoms with Crippen molar-refractivity contribution in [1.29, 1.82) is 0 Å². The normalized spacial score (nSPS) is 30.6. The number of aryl methyl sites for hydroxylation is 1. The molecule has 1 aromatic heterocycles. The zero-order valence-corrected chi connectivity index (χ0v) is 13.4. The van der Waals surface area contributed by atoms with Gasteiger partial charge in [0, 0.05) is 24.0 Å². The van der Waals surface area contributed by atoms with Crippen molar-refractivity contribution in [3.05, 3.63) is 10.6 Å². The van der Waals surface area contributed by atoms with Gasteiger partial charge in [-0.2, -0.15) is 0 Å². The number of aliphatic hydroxyl groups is 1. The van der Waals surface area contributed by atoms with E-state index in [9.17, 15) is 5.11 Å². The van der Waals surface area contributed by atoms with Gasteiger partial charge in [-0.05, 0) is 51.6 Å². The zero-order chi connectivity index (χ0) is 14.2. The molecule has 2 atom stereocenters. The number of hydrogen-bond acceptors (Lipinski definition) is 5. The summed E-state index contributed by atoms with van der Waals surface area (Å²) in [4.78, 5) is 11.2. The van der Waals surface area contributed by atoms with E-state index in [2.05, 4.69) is 9.80 Å². The van der Waals surface area contributed by atoms with Crippen LogP contribution in [-0.4, -0.2) is 47.2 Å². The smallest absolute Gasteiger partial charge is 0.185 e. The fraction of sp³-hybridized carbons (Fsp3) is 0.812. The molecule has 21 heavy (non-hydrogen) atoms. The standard InChI is InChI=1S/C16H25N3OS/c20-13-5-4-6-14-15(13)17-16(21-14)19-10-7-12(11-19)18-8-2-1-3-9-18/h12-13,20H,1-11H2. The van der Waals surface area contributed by atoms with Gasteiger partial charge in [0.2, 0.25) is 0 Å². The molecule has 0 radical (unpaired) electrons. The summed E-state index contributed by atoms with van der Waals surface area (Å²) in [5, 5.41) is 11.2. The first-order chi connectivity index (χ1) is 10.3. The highest BCUT2D eigenvalue weighted by atomic mass is 32.1. The van der Waals surface area contributed by atoms with E-state index in [1.807, 2.05) is 11.3 Å². The second kappa shape index (κ2) is 5.86. The highest BCUT2D eigenvalue weighted by Crippen LogP contribution is 2.37. The molecule has 1 N–H and O–H groups in total. The predicted octanol–water partition coefficient (Wildman–Crippen LogP) is 2.58. The summed E-state index contributed by atoms with van der Waals surface area (Å²) in [5.74, 6) is 0. The Kier molecular flexibility index (Phi) is 3.90. The molecule has 0 saturated carbocycles. The van der Waals surface area contributed by atoms with Gasteiger partial charge in [-0.1, -0.05) is 6.42 Å². The van der Waals surface area contributed by atoms with Crippen molar-refractivity contribution in [2.75, 3.05) is 31.1 Å². The van der Waals surface area contributed by atoms with Crippen LogP contribution < -0.4 is 4.90 Å². The Balaban J connectivity index is 1.45. The average molecular weight is 307 g/mol. The van der Waals surface area contributed by atoms with Crippen molar-refractivity contribution in [3.8, 4) is 0 Å². The number of fused-ring (bicyclic) bond motifs is 1. The molecule has 1 aromatic rings. The second-order valence-corrected chi connectivity index (χ2v) is 7.76. The summed E-state index contributed by atoms with van der Waals surface area (Å²) < 4.78 is 0. The van der Waals surface area contributed by atoms with Crippen LogP contribution in [0.3, 0.4) is 0 Å². The molecular formula is C16H25N3OS. The maximum absolute atomic E-state index is 10.1. The van der Waals surface area contributed by atoms with Gasteiger partial charge >= 0.3 is 0 Å². The van der Waals surface area contributed by atoms with E-state index in [0.29, 0.717) is 0 Å². The molecule has 0 aromatic carbocycles. The van der Waals surface area contributed by atoms with Crippen LogP contribution in [0.25, 0.3) is 0 Å². The van der Waals surface area contributed by atoms with Crippen molar-refractivity contribution in [3.63, 3.8) is 0 Å². The molecule has 2 fully saturated rings. The summed E-state index contributed by atoms with van der Waals surface area (Å²) in [6.45, 7) is 4.82. The minimum atomic E-state index is -0.320. The first-order valence-corrected chi connectivity index (χ1v) is 9.29. The quantitative estimate of drug-likeness (QED) is 0.911. The Hall–Kier alpha value is -0.650. The monoisotopic (exact) mass is 307 g/mol. The third-order valence-electron chi connectivity index (χ3n) is 5.25. The first kappa shape index (κ1) is 14.0. The van der Waals surface area contributed by atoms with Crippen LogP contribution in [0.2, 0.25) is 0 Å². The Bertz CT molecular complexity index is 498. The molecule has 5 heteroatoms. The largest absolute Gasteiger partial charge is 0.387 e. The summed E-state index contributed by atoms with van der Waals surface area (Å²) in [5.41, 5.74) is 0.975. The van der Waals surface area contributed by atoms with Crippen LogP contribution in [0, 0.1) is 0 Å². The fourth-order valence-corrected chi connectivity index (χ4v) is 5.21. The molecule has 3 heterocycles. The fourth-order valence-electron chi connectivity index (χ4n) is 4.02. The summed E-state index contributed by atoms with van der Waals surface area (Å²) in [6.07, 6.45) is 8.19. The van der Waals surface area contributed by atoms with Crippen LogP contribution >= 0.6 is 11.3 Å². The van der Waals surface area contributed by atoms with Crippen LogP contribution in [0.15, 0.2) is 0 Å². The summed E-state index contributed by atoms with van der Waals surface area (Å²) >= 11 is 1.82. The van der Waals surface area contributed by atoms with E-state index >= 15 is 0 Å². The lowest BCUT2D eigenvalue weighted by molar-refractivity contribution is 0.153. The van der Waals surface area contributed by atoms with Crippen molar-refractivity contribution < 1.29 is 5.11 Å². The molecular weight excluding hydrogens is 282 g/mol. The topological polar surface area (TPSA) is 39.6 Å². The number of hydrogen-bond donors (Lipinski definition) is 1. The highest BCUT2D eigenvalue weighted by Gasteiger charge is 2.31. The maximum atomic E-state index is 10.1. The van der Waals surface area contributed by atoms with Gasteiger partial charge in [0.05, 0.1) is 11.8 Å². The lowest BCUT2D eigenvalue weighted by Crippen LogP contribution is -2.40. The van der Waals surface area contributed by atoms with Gasteiger partial charge in [-0.15, -0.1) is 11.3 Å². The number of aliphatic hydroxyl groups excluding tert-OH is 1. The van der Waals surface area contributed by atoms with Crippen LogP contribution in [0.1, 0.15) is 55.2 Å². The zero-order valence-electron chi connectivity index (χ0n) is 12.6. The van der Waals surface area contributed by atoms with Gasteiger partial charge in [0.25, 0.3) is 0 Å². The Morgan fingerprint density at radius 3 is 2.71 bits per heavy atom. The Morgan fingerprint density at radius 2 is 1.90 bits per heavy atom. The number of nitrogens with zero attached hydrogens (tertiary/aromatic N) is 3. The number of likely N-dealkylation sites (tertiary alicyclic amines) is 1. The van der Waals surface area contributed by atoms with E-state index in [0.717, 1.165) is 49.2 Å². The number of anilines is 1. The van der Waals surface area contributed by atoms with Gasteiger partial charge in [-0.3, -0.25) is 4.90 Å². The third kappa shape index (κ3) is 2.71. The molecule has 0 amide bonds. The molecule has 4 rings (SSSR count). The minimum absolute atomic E-state index is 0.320. The van der Waals surface area contributed by atoms with E-state index in [-0.39, 0.29) is 6.10 Å². The van der Waals surface area contributed by atoms with Gasteiger partial charge in [0.1, 0.15) is 0 Å². The number of piperidine rings is 1. The number of aromatic nitrogens is 1. The molecule has 3 aliphatic rings. The van der Waals surface area contributed by atoms with Gasteiger partial charge < -0.3 is 10.0 Å². The van der Waals surface area contributed by atoms with Crippen molar-refractivity contribution in [2.45, 2.75) is 57.1 Å². The minimum Gasteiger partial charge on any atom is -0.387 e. The lowest BCUT2D eigenvalue weighted by Gasteiger charge is -2.32. The van der Waals surface area contributed by atoms with Crippen molar-refractivity contribution in [1.82, 2.24) is 9.88 Å². The number of thiazole rings is 1. The van der Waals surface area contributed by atoms with Crippen LogP contribution in [0.4, 0.5) is 5.13 Å². The molecule has 116 valence electrons. The highest BCUT2D eigenvalue weighted by molar-refractivity contribution is 7.15. The van der Waals surface area contributed by atoms with Crippen molar-refractivity contribution >= 4 is 16.5 Å². The van der Waals surface area contributed by atoms with E-state index in [1.54, 1.807) is 0 Å². The molecule has 4 nitrogen and oxygen atoms in total. The lowest BCUT2D eigenvalue weighted by atomic mass is 10.0. The first-order valence-electron chi connectivity index (χ1n) is 8.48. The van der Waals surface area contributed by atoms with Crippen LogP contribution in [0.5, 0.6) is 0 Å². The summed E-state index contributed by atoms with van der Waals surface area (Å²) in [6, 6.07) is 0.719. The van der Waals surface area contributed by atoms with Gasteiger partial charge in [0.15, 0.2) is 5.13 Å². The molecule has 0 spiro atoms. The molecule has 0 bridgehead atoms. The summed E-state index contributed by atoms with van der Waals surface area (Å²) in [7, 11) is 0. The van der Waals surface area contributed by atoms with E-state index in [1.165, 1.54) is 43.6 Å². The SMILES string of the molecule is OC1CCCc2sc(N3CCC(N4CCCCC4)C3)nc21. The van der Waals surface area contributed by atoms with Crippen LogP contribution in [-0.2, 0) is 6.42 Å². The van der Waals surface area contributed by atoms with Gasteiger partial charge in [-0.25, -0.2) is 4.98 Å². The molecule has 2 unspecified atom stereocenters. The third-order valence-corrected chi connectivity index (χ3v) is 6.45. The number of rotatable bonds is 2. The predicted molar refractivity (Wildman–Crippen MR) is 86.1 cm³/mol.